The Labute approximate surface area is 131 Å². The number of carbonyl (C=O) groups is 1. The topological polar surface area (TPSA) is 102 Å². The maximum atomic E-state index is 12.3. The van der Waals surface area contributed by atoms with Crippen LogP contribution in [0, 0.1) is 0 Å². The fourth-order valence-corrected chi connectivity index (χ4v) is 2.65. The number of nitrogens with zero attached hydrogens (tertiary/aromatic N) is 2. The van der Waals surface area contributed by atoms with Crippen LogP contribution >= 0.6 is 0 Å². The first-order valence-corrected chi connectivity index (χ1v) is 8.80. The van der Waals surface area contributed by atoms with Gasteiger partial charge in [0.25, 0.3) is 0 Å². The Kier molecular flexibility index (Phi) is 5.06. The summed E-state index contributed by atoms with van der Waals surface area (Å²) in [6.07, 6.45) is 0. The lowest BCUT2D eigenvalue weighted by atomic mass is 9.96. The number of hydrogen-bond acceptors (Lipinski definition) is 6. The first-order valence-electron chi connectivity index (χ1n) is 7.09. The van der Waals surface area contributed by atoms with E-state index in [4.69, 9.17) is 4.52 Å². The molecule has 1 atom stereocenters. The van der Waals surface area contributed by atoms with Gasteiger partial charge in [-0.2, -0.15) is 4.98 Å². The van der Waals surface area contributed by atoms with Crippen LogP contribution in [0.15, 0.2) is 4.52 Å². The molecule has 1 aromatic heterocycles. The third-order valence-electron chi connectivity index (χ3n) is 2.87. The Morgan fingerprint density at radius 1 is 1.23 bits per heavy atom. The lowest BCUT2D eigenvalue weighted by Crippen LogP contribution is -2.47. The Balaban J connectivity index is 2.87. The second-order valence-corrected chi connectivity index (χ2v) is 9.77. The highest BCUT2D eigenvalue weighted by Gasteiger charge is 2.32. The molecule has 0 saturated carbocycles. The summed E-state index contributed by atoms with van der Waals surface area (Å²) in [5.74, 6) is -0.553. The molecule has 0 spiro atoms. The van der Waals surface area contributed by atoms with E-state index < -0.39 is 32.3 Å². The fraction of sp³-hybridized carbons (Fsp3) is 0.786. The monoisotopic (exact) mass is 331 g/mol. The Hall–Kier alpha value is -1.44. The molecule has 22 heavy (non-hydrogen) atoms. The van der Waals surface area contributed by atoms with Gasteiger partial charge < -0.3 is 9.84 Å². The largest absolute Gasteiger partial charge is 0.350 e. The van der Waals surface area contributed by atoms with Gasteiger partial charge in [0.2, 0.25) is 11.8 Å². The number of carbonyl (C=O) groups excluding carboxylic acids is 1. The molecule has 0 bridgehead atoms. The van der Waals surface area contributed by atoms with Crippen molar-refractivity contribution in [1.29, 1.82) is 0 Å². The molecule has 7 nitrogen and oxygen atoms in total. The van der Waals surface area contributed by atoms with Gasteiger partial charge in [-0.15, -0.1) is 0 Å². The van der Waals surface area contributed by atoms with Gasteiger partial charge in [0.05, 0.1) is 0 Å². The van der Waals surface area contributed by atoms with Gasteiger partial charge in [0, 0.05) is 11.0 Å². The molecule has 126 valence electrons. The van der Waals surface area contributed by atoms with Crippen LogP contribution in [0.2, 0.25) is 0 Å². The van der Waals surface area contributed by atoms with Crippen molar-refractivity contribution in [2.45, 2.75) is 70.4 Å². The van der Waals surface area contributed by atoms with E-state index in [1.807, 2.05) is 20.8 Å². The average Bonchev–Trinajstić information content (AvgIpc) is 2.72. The van der Waals surface area contributed by atoms with Crippen molar-refractivity contribution in [3.05, 3.63) is 11.7 Å². The minimum atomic E-state index is -3.73. The predicted molar refractivity (Wildman–Crippen MR) is 83.0 cm³/mol. The molecule has 0 radical (unpaired) electrons. The Morgan fingerprint density at radius 3 is 2.18 bits per heavy atom. The summed E-state index contributed by atoms with van der Waals surface area (Å²) in [5, 5.41) is 5.26. The van der Waals surface area contributed by atoms with E-state index in [9.17, 15) is 13.2 Å². The second kappa shape index (κ2) is 5.98. The molecule has 0 fully saturated rings. The molecule has 0 aliphatic carbocycles. The van der Waals surface area contributed by atoms with Crippen molar-refractivity contribution >= 4 is 15.7 Å². The Bertz CT molecular complexity index is 636. The fourth-order valence-electron chi connectivity index (χ4n) is 1.55. The summed E-state index contributed by atoms with van der Waals surface area (Å²) >= 11 is 0. The van der Waals surface area contributed by atoms with Crippen LogP contribution in [-0.2, 0) is 25.8 Å². The van der Waals surface area contributed by atoms with E-state index in [0.717, 1.165) is 0 Å². The molecule has 0 saturated heterocycles. The predicted octanol–water partition coefficient (Wildman–Crippen LogP) is 1.59. The van der Waals surface area contributed by atoms with E-state index in [2.05, 4.69) is 15.5 Å². The summed E-state index contributed by atoms with van der Waals surface area (Å²) in [7, 11) is -3.73. The molecule has 0 aliphatic heterocycles. The molecule has 0 aromatic carbocycles. The maximum Gasteiger partial charge on any atom is 0.241 e. The number of rotatable bonds is 4. The smallest absolute Gasteiger partial charge is 0.241 e. The molecule has 0 aliphatic rings. The van der Waals surface area contributed by atoms with Crippen molar-refractivity contribution in [2.75, 3.05) is 0 Å². The van der Waals surface area contributed by atoms with Crippen LogP contribution in [0.3, 0.4) is 0 Å². The SMILES string of the molecule is CC(C(=O)NC(C)(C)C)S(=O)(=O)Cc1nc(C(C)(C)C)no1. The standard InChI is InChI=1S/C14H25N3O4S/c1-9(11(18)16-14(5,6)7)22(19,20)8-10-15-12(17-21-10)13(2,3)4/h9H,8H2,1-7H3,(H,16,18). The van der Waals surface area contributed by atoms with E-state index in [0.29, 0.717) is 5.82 Å². The number of hydrogen-bond donors (Lipinski definition) is 1. The van der Waals surface area contributed by atoms with Crippen LogP contribution in [0.5, 0.6) is 0 Å². The molecule has 1 unspecified atom stereocenters. The first-order chi connectivity index (χ1) is 9.72. The van der Waals surface area contributed by atoms with Gasteiger partial charge in [-0.1, -0.05) is 25.9 Å². The number of amides is 1. The van der Waals surface area contributed by atoms with Crippen LogP contribution in [0.25, 0.3) is 0 Å². The average molecular weight is 331 g/mol. The second-order valence-electron chi connectivity index (χ2n) is 7.45. The van der Waals surface area contributed by atoms with Crippen LogP contribution in [0.1, 0.15) is 60.2 Å². The van der Waals surface area contributed by atoms with Gasteiger partial charge in [-0.25, -0.2) is 8.42 Å². The van der Waals surface area contributed by atoms with Gasteiger partial charge in [0.15, 0.2) is 15.7 Å². The molecule has 1 N–H and O–H groups in total. The number of aromatic nitrogens is 2. The summed E-state index contributed by atoms with van der Waals surface area (Å²) in [6, 6.07) is 0. The van der Waals surface area contributed by atoms with Gasteiger partial charge in [0.1, 0.15) is 11.0 Å². The van der Waals surface area contributed by atoms with Crippen LogP contribution in [-0.4, -0.2) is 35.3 Å². The zero-order valence-electron chi connectivity index (χ0n) is 14.2. The van der Waals surface area contributed by atoms with E-state index in [1.54, 1.807) is 20.8 Å². The minimum absolute atomic E-state index is 0.000309. The zero-order chi connectivity index (χ0) is 17.3. The molecule has 1 amide bonds. The minimum Gasteiger partial charge on any atom is -0.350 e. The summed E-state index contributed by atoms with van der Waals surface area (Å²) in [6.45, 7) is 12.4. The van der Waals surface area contributed by atoms with Gasteiger partial charge in [-0.05, 0) is 27.7 Å². The van der Waals surface area contributed by atoms with E-state index in [1.165, 1.54) is 6.92 Å². The summed E-state index contributed by atoms with van der Waals surface area (Å²) in [4.78, 5) is 16.1. The van der Waals surface area contributed by atoms with Gasteiger partial charge >= 0.3 is 0 Å². The van der Waals surface area contributed by atoms with Crippen molar-refractivity contribution in [3.63, 3.8) is 0 Å². The van der Waals surface area contributed by atoms with E-state index in [-0.39, 0.29) is 11.3 Å². The van der Waals surface area contributed by atoms with Crippen molar-refractivity contribution in [3.8, 4) is 0 Å². The first kappa shape index (κ1) is 18.6. The summed E-state index contributed by atoms with van der Waals surface area (Å²) < 4.78 is 29.6. The molecule has 1 heterocycles. The molecular formula is C14H25N3O4S. The highest BCUT2D eigenvalue weighted by Crippen LogP contribution is 2.20. The molecule has 1 aromatic rings. The molecular weight excluding hydrogens is 306 g/mol. The van der Waals surface area contributed by atoms with Crippen LogP contribution < -0.4 is 5.32 Å². The lowest BCUT2D eigenvalue weighted by molar-refractivity contribution is -0.121. The van der Waals surface area contributed by atoms with Crippen LogP contribution in [0.4, 0.5) is 0 Å². The molecule has 8 heteroatoms. The Morgan fingerprint density at radius 2 is 1.77 bits per heavy atom. The summed E-state index contributed by atoms with van der Waals surface area (Å²) in [5.41, 5.74) is -0.828. The normalized spacial score (nSPS) is 14.7. The molecule has 1 rings (SSSR count). The lowest BCUT2D eigenvalue weighted by Gasteiger charge is -2.22. The number of nitrogens with one attached hydrogen (secondary N) is 1. The third kappa shape index (κ3) is 5.08. The highest BCUT2D eigenvalue weighted by molar-refractivity contribution is 7.92. The highest BCUT2D eigenvalue weighted by atomic mass is 32.2. The van der Waals surface area contributed by atoms with Gasteiger partial charge in [-0.3, -0.25) is 4.79 Å². The zero-order valence-corrected chi connectivity index (χ0v) is 15.0. The van der Waals surface area contributed by atoms with Crippen molar-refractivity contribution < 1.29 is 17.7 Å². The third-order valence-corrected chi connectivity index (χ3v) is 4.81. The quantitative estimate of drug-likeness (QED) is 0.898. The van der Waals surface area contributed by atoms with Crippen molar-refractivity contribution in [2.24, 2.45) is 0 Å². The number of sulfone groups is 1. The van der Waals surface area contributed by atoms with E-state index >= 15 is 0 Å². The maximum absolute atomic E-state index is 12.3. The van der Waals surface area contributed by atoms with Crippen molar-refractivity contribution in [1.82, 2.24) is 15.5 Å².